The second-order valence-corrected chi connectivity index (χ2v) is 6.06. The molecule has 1 aliphatic heterocycles. The lowest BCUT2D eigenvalue weighted by atomic mass is 9.99. The van der Waals surface area contributed by atoms with Crippen molar-refractivity contribution in [3.63, 3.8) is 0 Å². The van der Waals surface area contributed by atoms with E-state index < -0.39 is 0 Å². The van der Waals surface area contributed by atoms with E-state index in [1.165, 1.54) is 6.42 Å². The first-order valence-electron chi connectivity index (χ1n) is 6.66. The van der Waals surface area contributed by atoms with Crippen molar-refractivity contribution >= 4 is 5.91 Å². The van der Waals surface area contributed by atoms with Gasteiger partial charge in [-0.15, -0.1) is 0 Å². The molecule has 1 aliphatic rings. The highest BCUT2D eigenvalue weighted by Gasteiger charge is 2.26. The van der Waals surface area contributed by atoms with Gasteiger partial charge in [0.25, 0.3) is 0 Å². The summed E-state index contributed by atoms with van der Waals surface area (Å²) < 4.78 is 0. The van der Waals surface area contributed by atoms with Crippen LogP contribution in [0.15, 0.2) is 0 Å². The van der Waals surface area contributed by atoms with Crippen molar-refractivity contribution in [2.24, 2.45) is 5.73 Å². The molecule has 0 radical (unpaired) electrons. The van der Waals surface area contributed by atoms with Gasteiger partial charge in [0.15, 0.2) is 0 Å². The van der Waals surface area contributed by atoms with Crippen molar-refractivity contribution in [1.82, 2.24) is 10.4 Å². The van der Waals surface area contributed by atoms with Gasteiger partial charge in [-0.1, -0.05) is 6.42 Å². The van der Waals surface area contributed by atoms with Crippen molar-refractivity contribution in [3.05, 3.63) is 0 Å². The fraction of sp³-hybridized carbons (Fsp3) is 0.923. The van der Waals surface area contributed by atoms with E-state index in [-0.39, 0.29) is 11.4 Å². The first kappa shape index (κ1) is 14.5. The van der Waals surface area contributed by atoms with Crippen LogP contribution in [0, 0.1) is 0 Å². The molecule has 0 aromatic rings. The third-order valence-electron chi connectivity index (χ3n) is 3.44. The highest BCUT2D eigenvalue weighted by atomic mass is 16.2. The number of piperidine rings is 1. The van der Waals surface area contributed by atoms with Crippen molar-refractivity contribution in [3.8, 4) is 0 Å². The summed E-state index contributed by atoms with van der Waals surface area (Å²) in [6.45, 7) is 8.24. The summed E-state index contributed by atoms with van der Waals surface area (Å²) in [5, 5.41) is 2.11. The quantitative estimate of drug-likeness (QED) is 0.789. The van der Waals surface area contributed by atoms with Gasteiger partial charge in [0.2, 0.25) is 5.91 Å². The predicted molar refractivity (Wildman–Crippen MR) is 70.3 cm³/mol. The molecule has 3 N–H and O–H groups in total. The molecule has 1 rings (SSSR count). The molecular weight excluding hydrogens is 214 g/mol. The molecule has 0 aliphatic carbocycles. The first-order chi connectivity index (χ1) is 7.79. The molecule has 1 fully saturated rings. The van der Waals surface area contributed by atoms with Crippen molar-refractivity contribution in [2.45, 2.75) is 77.4 Å². The smallest absolute Gasteiger partial charge is 0.234 e. The molecule has 4 nitrogen and oxygen atoms in total. The van der Waals surface area contributed by atoms with Crippen molar-refractivity contribution < 1.29 is 4.79 Å². The van der Waals surface area contributed by atoms with Crippen LogP contribution in [0.2, 0.25) is 0 Å². The standard InChI is InChI=1S/C13H27N3O/c1-10-6-5-7-11(2)16(10)15-12(17)8-9-13(3,4)14/h10-11H,5-9,14H2,1-4H3,(H,15,17). The van der Waals surface area contributed by atoms with Crippen LogP contribution in [0.5, 0.6) is 0 Å². The number of carbonyl (C=O) groups is 1. The summed E-state index contributed by atoms with van der Waals surface area (Å²) in [5.41, 5.74) is 8.64. The molecule has 0 saturated carbocycles. The van der Waals surface area contributed by atoms with Gasteiger partial charge in [-0.25, -0.2) is 5.01 Å². The van der Waals surface area contributed by atoms with Gasteiger partial charge < -0.3 is 5.73 Å². The van der Waals surface area contributed by atoms with E-state index >= 15 is 0 Å². The number of rotatable bonds is 4. The number of hydrazine groups is 1. The SMILES string of the molecule is CC1CCCC(C)N1NC(=O)CCC(C)(C)N. The second kappa shape index (κ2) is 5.83. The molecule has 4 heteroatoms. The fourth-order valence-corrected chi connectivity index (χ4v) is 2.28. The summed E-state index contributed by atoms with van der Waals surface area (Å²) >= 11 is 0. The maximum absolute atomic E-state index is 11.8. The number of nitrogens with one attached hydrogen (secondary N) is 1. The molecule has 17 heavy (non-hydrogen) atoms. The Morgan fingerprint density at radius 1 is 1.35 bits per heavy atom. The lowest BCUT2D eigenvalue weighted by molar-refractivity contribution is -0.129. The topological polar surface area (TPSA) is 58.4 Å². The zero-order chi connectivity index (χ0) is 13.1. The van der Waals surface area contributed by atoms with E-state index in [2.05, 4.69) is 24.3 Å². The zero-order valence-electron chi connectivity index (χ0n) is 11.6. The van der Waals surface area contributed by atoms with Gasteiger partial charge in [-0.3, -0.25) is 10.2 Å². The van der Waals surface area contributed by atoms with Gasteiger partial charge in [0.1, 0.15) is 0 Å². The lowest BCUT2D eigenvalue weighted by Crippen LogP contribution is -2.54. The van der Waals surface area contributed by atoms with Crippen LogP contribution in [-0.4, -0.2) is 28.5 Å². The van der Waals surface area contributed by atoms with E-state index in [1.54, 1.807) is 0 Å². The molecule has 1 amide bonds. The third kappa shape index (κ3) is 5.04. The zero-order valence-corrected chi connectivity index (χ0v) is 11.6. The highest BCUT2D eigenvalue weighted by molar-refractivity contribution is 5.75. The molecule has 100 valence electrons. The van der Waals surface area contributed by atoms with Gasteiger partial charge >= 0.3 is 0 Å². The Kier molecular flexibility index (Phi) is 4.95. The normalized spacial score (nSPS) is 26.9. The average Bonchev–Trinajstić information content (AvgIpc) is 2.20. The Morgan fingerprint density at radius 3 is 2.35 bits per heavy atom. The molecule has 0 spiro atoms. The molecule has 0 aromatic carbocycles. The van der Waals surface area contributed by atoms with Crippen LogP contribution in [0.4, 0.5) is 0 Å². The number of carbonyl (C=O) groups excluding carboxylic acids is 1. The number of nitrogens with zero attached hydrogens (tertiary/aromatic N) is 1. The van der Waals surface area contributed by atoms with Crippen LogP contribution < -0.4 is 11.2 Å². The predicted octanol–water partition coefficient (Wildman–Crippen LogP) is 1.80. The molecule has 2 atom stereocenters. The largest absolute Gasteiger partial charge is 0.326 e. The van der Waals surface area contributed by atoms with Crippen LogP contribution in [0.3, 0.4) is 0 Å². The lowest BCUT2D eigenvalue weighted by Gasteiger charge is -2.38. The van der Waals surface area contributed by atoms with Gasteiger partial charge in [-0.2, -0.15) is 0 Å². The van der Waals surface area contributed by atoms with Gasteiger partial charge in [0.05, 0.1) is 0 Å². The average molecular weight is 241 g/mol. The van der Waals surface area contributed by atoms with Crippen LogP contribution >= 0.6 is 0 Å². The monoisotopic (exact) mass is 241 g/mol. The minimum atomic E-state index is -0.267. The fourth-order valence-electron chi connectivity index (χ4n) is 2.28. The van der Waals surface area contributed by atoms with E-state index in [9.17, 15) is 4.79 Å². The first-order valence-corrected chi connectivity index (χ1v) is 6.66. The highest BCUT2D eigenvalue weighted by Crippen LogP contribution is 2.20. The molecule has 2 unspecified atom stereocenters. The summed E-state index contributed by atoms with van der Waals surface area (Å²) in [4.78, 5) is 11.8. The van der Waals surface area contributed by atoms with E-state index in [0.717, 1.165) is 19.3 Å². The van der Waals surface area contributed by atoms with Crippen molar-refractivity contribution in [1.29, 1.82) is 0 Å². The summed E-state index contributed by atoms with van der Waals surface area (Å²) in [6, 6.07) is 0.877. The number of nitrogens with two attached hydrogens (primary N) is 1. The molecule has 1 saturated heterocycles. The molecule has 0 bridgehead atoms. The maximum Gasteiger partial charge on any atom is 0.234 e. The molecule has 1 heterocycles. The Hall–Kier alpha value is -0.610. The minimum Gasteiger partial charge on any atom is -0.326 e. The Labute approximate surface area is 105 Å². The van der Waals surface area contributed by atoms with Crippen molar-refractivity contribution in [2.75, 3.05) is 0 Å². The molecular formula is C13H27N3O. The van der Waals surface area contributed by atoms with Crippen LogP contribution in [0.25, 0.3) is 0 Å². The number of amides is 1. The van der Waals surface area contributed by atoms with Crippen LogP contribution in [-0.2, 0) is 4.79 Å². The van der Waals surface area contributed by atoms with Gasteiger partial charge in [0, 0.05) is 24.0 Å². The van der Waals surface area contributed by atoms with E-state index in [1.807, 2.05) is 13.8 Å². The van der Waals surface area contributed by atoms with E-state index in [0.29, 0.717) is 18.5 Å². The summed E-state index contributed by atoms with van der Waals surface area (Å²) in [7, 11) is 0. The second-order valence-electron chi connectivity index (χ2n) is 6.06. The number of hydrogen-bond acceptors (Lipinski definition) is 3. The van der Waals surface area contributed by atoms with Gasteiger partial charge in [-0.05, 0) is 47.0 Å². The minimum absolute atomic E-state index is 0.0872. The Bertz CT molecular complexity index is 250. The third-order valence-corrected chi connectivity index (χ3v) is 3.44. The van der Waals surface area contributed by atoms with Crippen LogP contribution in [0.1, 0.15) is 59.8 Å². The number of hydrogen-bond donors (Lipinski definition) is 2. The maximum atomic E-state index is 11.8. The summed E-state index contributed by atoms with van der Waals surface area (Å²) in [5.74, 6) is 0.0872. The molecule has 0 aromatic heterocycles. The Morgan fingerprint density at radius 2 is 1.88 bits per heavy atom. The summed E-state index contributed by atoms with van der Waals surface area (Å²) in [6.07, 6.45) is 4.79. The Balaban J connectivity index is 2.39. The van der Waals surface area contributed by atoms with E-state index in [4.69, 9.17) is 5.73 Å².